The van der Waals surface area contributed by atoms with Crippen molar-refractivity contribution in [1.82, 2.24) is 5.32 Å². The van der Waals surface area contributed by atoms with Gasteiger partial charge in [0.1, 0.15) is 6.54 Å². The summed E-state index contributed by atoms with van der Waals surface area (Å²) in [4.78, 5) is 35.9. The first-order chi connectivity index (χ1) is 13.3. The van der Waals surface area contributed by atoms with E-state index in [1.807, 2.05) is 18.2 Å². The first kappa shape index (κ1) is 22.0. The van der Waals surface area contributed by atoms with Crippen molar-refractivity contribution in [2.45, 2.75) is 19.4 Å². The summed E-state index contributed by atoms with van der Waals surface area (Å²) in [6.07, 6.45) is -0.968. The summed E-state index contributed by atoms with van der Waals surface area (Å²) < 4.78 is 5.01. The Labute approximate surface area is 177 Å². The first-order valence-corrected chi connectivity index (χ1v) is 9.35. The molecule has 0 spiro atoms. The topological polar surface area (TPSA) is 84.5 Å². The highest BCUT2D eigenvalue weighted by atomic mass is 35.5. The fourth-order valence-electron chi connectivity index (χ4n) is 2.16. The third-order valence-electron chi connectivity index (χ3n) is 3.58. The molecule has 2 rings (SSSR count). The molecular formula is C19H17Cl3N2O4. The van der Waals surface area contributed by atoms with E-state index in [-0.39, 0.29) is 39.6 Å². The van der Waals surface area contributed by atoms with E-state index >= 15 is 0 Å². The number of carbonyl (C=O) groups is 3. The zero-order chi connectivity index (χ0) is 20.7. The van der Waals surface area contributed by atoms with Gasteiger partial charge in [-0.1, -0.05) is 65.1 Å². The Hall–Kier alpha value is -2.28. The van der Waals surface area contributed by atoms with Crippen LogP contribution in [0.25, 0.3) is 0 Å². The second-order valence-corrected chi connectivity index (χ2v) is 7.03. The number of hydrogen-bond acceptors (Lipinski definition) is 4. The lowest BCUT2D eigenvalue weighted by Crippen LogP contribution is -2.36. The van der Waals surface area contributed by atoms with Crippen LogP contribution >= 0.6 is 34.8 Å². The van der Waals surface area contributed by atoms with Crippen LogP contribution in [0.4, 0.5) is 5.69 Å². The van der Waals surface area contributed by atoms with E-state index in [0.29, 0.717) is 0 Å². The molecule has 1 unspecified atom stereocenters. The molecule has 9 heteroatoms. The molecule has 148 valence electrons. The van der Waals surface area contributed by atoms with Gasteiger partial charge >= 0.3 is 5.97 Å². The molecule has 0 bridgehead atoms. The maximum absolute atomic E-state index is 12.2. The zero-order valence-electron chi connectivity index (χ0n) is 14.8. The van der Waals surface area contributed by atoms with Crippen LogP contribution in [-0.4, -0.2) is 30.4 Å². The molecule has 2 aromatic carbocycles. The third-order valence-corrected chi connectivity index (χ3v) is 4.62. The van der Waals surface area contributed by atoms with Crippen molar-refractivity contribution in [3.63, 3.8) is 0 Å². The molecule has 2 N–H and O–H groups in total. The van der Waals surface area contributed by atoms with Gasteiger partial charge in [-0.15, -0.1) is 0 Å². The molecule has 0 saturated carbocycles. The molecule has 28 heavy (non-hydrogen) atoms. The quantitative estimate of drug-likeness (QED) is 0.502. The van der Waals surface area contributed by atoms with Crippen molar-refractivity contribution in [1.29, 1.82) is 0 Å². The minimum absolute atomic E-state index is 0.139. The van der Waals surface area contributed by atoms with Crippen LogP contribution in [0.15, 0.2) is 42.5 Å². The largest absolute Gasteiger partial charge is 0.451 e. The Morgan fingerprint density at radius 2 is 1.64 bits per heavy atom. The molecule has 1 atom stereocenters. The molecule has 0 aliphatic carbocycles. The van der Waals surface area contributed by atoms with E-state index in [0.717, 1.165) is 5.56 Å². The Bertz CT molecular complexity index is 875. The number of benzene rings is 2. The lowest BCUT2D eigenvalue weighted by Gasteiger charge is -2.15. The lowest BCUT2D eigenvalue weighted by atomic mass is 10.1. The highest BCUT2D eigenvalue weighted by Gasteiger charge is 2.20. The van der Waals surface area contributed by atoms with Crippen LogP contribution in [0.3, 0.4) is 0 Å². The Morgan fingerprint density at radius 1 is 1.00 bits per heavy atom. The maximum Gasteiger partial charge on any atom is 0.326 e. The average Bonchev–Trinajstić information content (AvgIpc) is 2.65. The van der Waals surface area contributed by atoms with Crippen molar-refractivity contribution < 1.29 is 19.1 Å². The highest BCUT2D eigenvalue weighted by molar-refractivity contribution is 6.44. The van der Waals surface area contributed by atoms with Crippen molar-refractivity contribution in [2.24, 2.45) is 0 Å². The minimum atomic E-state index is -1.11. The van der Waals surface area contributed by atoms with E-state index in [1.165, 1.54) is 19.1 Å². The second-order valence-electron chi connectivity index (χ2n) is 5.81. The van der Waals surface area contributed by atoms with Crippen LogP contribution in [-0.2, 0) is 25.5 Å². The number of ether oxygens (including phenoxy) is 1. The third kappa shape index (κ3) is 6.71. The van der Waals surface area contributed by atoms with Crippen LogP contribution in [0, 0.1) is 0 Å². The van der Waals surface area contributed by atoms with E-state index < -0.39 is 18.0 Å². The number of hydrogen-bond donors (Lipinski definition) is 2. The Kier molecular flexibility index (Phi) is 8.11. The van der Waals surface area contributed by atoms with Gasteiger partial charge in [0.15, 0.2) is 6.10 Å². The van der Waals surface area contributed by atoms with Gasteiger partial charge in [-0.2, -0.15) is 0 Å². The number of nitrogens with one attached hydrogen (secondary N) is 2. The van der Waals surface area contributed by atoms with Gasteiger partial charge in [-0.25, -0.2) is 0 Å². The minimum Gasteiger partial charge on any atom is -0.451 e. The fraction of sp³-hybridized carbons (Fsp3) is 0.211. The molecule has 2 amide bonds. The van der Waals surface area contributed by atoms with Crippen LogP contribution in [0.5, 0.6) is 0 Å². The molecule has 2 aromatic rings. The van der Waals surface area contributed by atoms with Gasteiger partial charge in [-0.3, -0.25) is 14.4 Å². The van der Waals surface area contributed by atoms with Crippen LogP contribution in [0.2, 0.25) is 15.1 Å². The summed E-state index contributed by atoms with van der Waals surface area (Å²) in [5.41, 5.74) is 1.06. The normalized spacial score (nSPS) is 11.4. The SMILES string of the molecule is CC(OC(=O)CNC(=O)Cc1ccccc1)C(=O)Nc1cc(Cl)c(Cl)cc1Cl. The van der Waals surface area contributed by atoms with Gasteiger partial charge < -0.3 is 15.4 Å². The monoisotopic (exact) mass is 442 g/mol. The molecule has 0 aliphatic rings. The molecule has 0 aromatic heterocycles. The predicted octanol–water partition coefficient (Wildman–Crippen LogP) is 3.88. The standard InChI is InChI=1S/C19H17Cl3N2O4/c1-11(19(27)24-16-9-14(21)13(20)8-15(16)22)28-18(26)10-23-17(25)7-12-5-3-2-4-6-12/h2-6,8-9,11H,7,10H2,1H3,(H,23,25)(H,24,27). The number of esters is 1. The van der Waals surface area contributed by atoms with Crippen LogP contribution in [0.1, 0.15) is 12.5 Å². The molecule has 0 radical (unpaired) electrons. The van der Waals surface area contributed by atoms with E-state index in [4.69, 9.17) is 39.5 Å². The number of halogens is 3. The summed E-state index contributed by atoms with van der Waals surface area (Å²) in [6, 6.07) is 11.9. The average molecular weight is 444 g/mol. The Morgan fingerprint density at radius 3 is 2.32 bits per heavy atom. The van der Waals surface area contributed by atoms with Gasteiger partial charge in [0.2, 0.25) is 5.91 Å². The van der Waals surface area contributed by atoms with Gasteiger partial charge in [0.25, 0.3) is 5.91 Å². The van der Waals surface area contributed by atoms with E-state index in [2.05, 4.69) is 10.6 Å². The lowest BCUT2D eigenvalue weighted by molar-refractivity contribution is -0.152. The summed E-state index contributed by atoms with van der Waals surface area (Å²) >= 11 is 17.7. The van der Waals surface area contributed by atoms with Crippen molar-refractivity contribution >= 4 is 58.3 Å². The molecule has 0 fully saturated rings. The number of anilines is 1. The molecule has 0 aliphatic heterocycles. The van der Waals surface area contributed by atoms with Gasteiger partial charge in [0.05, 0.1) is 27.2 Å². The zero-order valence-corrected chi connectivity index (χ0v) is 17.1. The predicted molar refractivity (Wildman–Crippen MR) is 109 cm³/mol. The first-order valence-electron chi connectivity index (χ1n) is 8.21. The summed E-state index contributed by atoms with van der Waals surface area (Å²) in [7, 11) is 0. The smallest absolute Gasteiger partial charge is 0.326 e. The molecular weight excluding hydrogens is 427 g/mol. The van der Waals surface area contributed by atoms with Crippen molar-refractivity contribution in [2.75, 3.05) is 11.9 Å². The fourth-order valence-corrected chi connectivity index (χ4v) is 2.75. The molecule has 0 saturated heterocycles. The highest BCUT2D eigenvalue weighted by Crippen LogP contribution is 2.32. The number of amides is 2. The van der Waals surface area contributed by atoms with E-state index in [9.17, 15) is 14.4 Å². The Balaban J connectivity index is 1.80. The summed E-state index contributed by atoms with van der Waals surface area (Å²) in [6.45, 7) is 1.04. The summed E-state index contributed by atoms with van der Waals surface area (Å²) in [5, 5.41) is 5.60. The number of carbonyl (C=O) groups excluding carboxylic acids is 3. The van der Waals surface area contributed by atoms with Gasteiger partial charge in [-0.05, 0) is 24.6 Å². The summed E-state index contributed by atoms with van der Waals surface area (Å²) in [5.74, 6) is -1.68. The van der Waals surface area contributed by atoms with Crippen molar-refractivity contribution in [3.8, 4) is 0 Å². The second kappa shape index (κ2) is 10.3. The maximum atomic E-state index is 12.2. The number of rotatable bonds is 7. The van der Waals surface area contributed by atoms with Gasteiger partial charge in [0, 0.05) is 0 Å². The van der Waals surface area contributed by atoms with E-state index in [1.54, 1.807) is 12.1 Å². The molecule has 6 nitrogen and oxygen atoms in total. The molecule has 0 heterocycles. The van der Waals surface area contributed by atoms with Crippen LogP contribution < -0.4 is 10.6 Å². The van der Waals surface area contributed by atoms with Crippen molar-refractivity contribution in [3.05, 3.63) is 63.1 Å².